The van der Waals surface area contributed by atoms with Crippen LogP contribution in [-0.2, 0) is 5.41 Å². The zero-order chi connectivity index (χ0) is 13.9. The van der Waals surface area contributed by atoms with E-state index in [-0.39, 0.29) is 11.5 Å². The molecule has 0 amide bonds. The monoisotopic (exact) mass is 259 g/mol. The maximum atomic E-state index is 6.72. The van der Waals surface area contributed by atoms with Crippen LogP contribution in [0, 0.1) is 11.8 Å². The second-order valence-corrected chi connectivity index (χ2v) is 6.73. The van der Waals surface area contributed by atoms with Gasteiger partial charge in [-0.05, 0) is 23.8 Å². The van der Waals surface area contributed by atoms with Gasteiger partial charge in [-0.25, -0.2) is 0 Å². The Labute approximate surface area is 118 Å². The Morgan fingerprint density at radius 1 is 1.16 bits per heavy atom. The van der Waals surface area contributed by atoms with E-state index in [0.29, 0.717) is 5.92 Å². The lowest BCUT2D eigenvalue weighted by molar-refractivity contribution is 0.156. The van der Waals surface area contributed by atoms with Gasteiger partial charge in [0.05, 0.1) is 0 Å². The molecule has 1 aromatic rings. The summed E-state index contributed by atoms with van der Waals surface area (Å²) < 4.78 is 0. The summed E-state index contributed by atoms with van der Waals surface area (Å²) >= 11 is 0. The maximum absolute atomic E-state index is 6.72. The minimum absolute atomic E-state index is 0.0662. The van der Waals surface area contributed by atoms with Crippen LogP contribution in [-0.4, -0.2) is 6.04 Å². The van der Waals surface area contributed by atoms with Crippen molar-refractivity contribution < 1.29 is 0 Å². The first-order valence-corrected chi connectivity index (χ1v) is 7.88. The van der Waals surface area contributed by atoms with Crippen LogP contribution >= 0.6 is 0 Å². The van der Waals surface area contributed by atoms with E-state index in [1.165, 1.54) is 37.7 Å². The highest BCUT2D eigenvalue weighted by atomic mass is 14.7. The van der Waals surface area contributed by atoms with Gasteiger partial charge < -0.3 is 5.73 Å². The Bertz CT molecular complexity index is 382. The van der Waals surface area contributed by atoms with Crippen molar-refractivity contribution in [2.45, 2.75) is 64.3 Å². The molecule has 0 radical (unpaired) electrons. The highest BCUT2D eigenvalue weighted by Crippen LogP contribution is 2.40. The number of hydrogen-bond donors (Lipinski definition) is 1. The molecular weight excluding hydrogens is 230 g/mol. The van der Waals surface area contributed by atoms with Crippen molar-refractivity contribution in [3.05, 3.63) is 35.9 Å². The summed E-state index contributed by atoms with van der Waals surface area (Å²) in [5.74, 6) is 1.51. The first kappa shape index (κ1) is 14.6. The smallest absolute Gasteiger partial charge is 0.0162 e. The maximum Gasteiger partial charge on any atom is 0.0162 e. The fourth-order valence-corrected chi connectivity index (χ4v) is 3.81. The van der Waals surface area contributed by atoms with Crippen LogP contribution < -0.4 is 5.73 Å². The van der Waals surface area contributed by atoms with Gasteiger partial charge >= 0.3 is 0 Å². The van der Waals surface area contributed by atoms with Crippen molar-refractivity contribution in [3.8, 4) is 0 Å². The molecule has 2 N–H and O–H groups in total. The molecule has 19 heavy (non-hydrogen) atoms. The fraction of sp³-hybridized carbons (Fsp3) is 0.667. The van der Waals surface area contributed by atoms with Crippen LogP contribution in [0.4, 0.5) is 0 Å². The summed E-state index contributed by atoms with van der Waals surface area (Å²) in [6, 6.07) is 11.1. The lowest BCUT2D eigenvalue weighted by atomic mass is 9.65. The van der Waals surface area contributed by atoms with Crippen molar-refractivity contribution in [1.29, 1.82) is 0 Å². The van der Waals surface area contributed by atoms with E-state index in [9.17, 15) is 0 Å². The predicted molar refractivity (Wildman–Crippen MR) is 83.2 cm³/mol. The van der Waals surface area contributed by atoms with Crippen LogP contribution in [0.2, 0.25) is 0 Å². The molecule has 0 bridgehead atoms. The van der Waals surface area contributed by atoms with E-state index in [1.54, 1.807) is 0 Å². The molecule has 0 aromatic heterocycles. The molecule has 1 heteroatoms. The summed E-state index contributed by atoms with van der Waals surface area (Å²) in [6.07, 6.45) is 6.73. The number of hydrogen-bond acceptors (Lipinski definition) is 1. The Morgan fingerprint density at radius 3 is 2.42 bits per heavy atom. The zero-order valence-electron chi connectivity index (χ0n) is 12.7. The summed E-state index contributed by atoms with van der Waals surface area (Å²) in [5, 5.41) is 0. The third-order valence-corrected chi connectivity index (χ3v) is 5.30. The van der Waals surface area contributed by atoms with E-state index in [1.807, 2.05) is 0 Å². The fourth-order valence-electron chi connectivity index (χ4n) is 3.81. The van der Waals surface area contributed by atoms with Crippen molar-refractivity contribution in [2.24, 2.45) is 17.6 Å². The molecule has 1 saturated carbocycles. The average molecular weight is 259 g/mol. The van der Waals surface area contributed by atoms with Crippen molar-refractivity contribution in [2.75, 3.05) is 0 Å². The Balaban J connectivity index is 2.19. The van der Waals surface area contributed by atoms with Crippen molar-refractivity contribution >= 4 is 0 Å². The summed E-state index contributed by atoms with van der Waals surface area (Å²) in [5.41, 5.74) is 8.17. The first-order chi connectivity index (χ1) is 9.07. The third-order valence-electron chi connectivity index (χ3n) is 5.30. The van der Waals surface area contributed by atoms with Crippen molar-refractivity contribution in [1.82, 2.24) is 0 Å². The van der Waals surface area contributed by atoms with Crippen LogP contribution in [0.1, 0.15) is 58.4 Å². The average Bonchev–Trinajstić information content (AvgIpc) is 2.47. The van der Waals surface area contributed by atoms with E-state index in [2.05, 4.69) is 51.1 Å². The summed E-state index contributed by atoms with van der Waals surface area (Å²) in [6.45, 7) is 6.95. The molecular formula is C18H29N. The molecule has 0 spiro atoms. The van der Waals surface area contributed by atoms with Crippen LogP contribution in [0.3, 0.4) is 0 Å². The molecule has 106 valence electrons. The highest BCUT2D eigenvalue weighted by molar-refractivity contribution is 5.26. The predicted octanol–water partition coefficient (Wildman–Crippen LogP) is 4.51. The molecule has 1 aliphatic rings. The second-order valence-electron chi connectivity index (χ2n) is 6.73. The van der Waals surface area contributed by atoms with Gasteiger partial charge in [0.1, 0.15) is 0 Å². The van der Waals surface area contributed by atoms with Gasteiger partial charge in [-0.1, -0.05) is 76.8 Å². The Morgan fingerprint density at radius 2 is 1.79 bits per heavy atom. The molecule has 3 unspecified atom stereocenters. The SMILES string of the molecule is CCC1CCCCC1C(N)C(C)(C)c1ccccc1. The molecule has 0 heterocycles. The van der Waals surface area contributed by atoms with Gasteiger partial charge in [0.2, 0.25) is 0 Å². The first-order valence-electron chi connectivity index (χ1n) is 7.88. The van der Waals surface area contributed by atoms with Gasteiger partial charge in [-0.15, -0.1) is 0 Å². The summed E-state index contributed by atoms with van der Waals surface area (Å²) in [4.78, 5) is 0. The standard InChI is InChI=1S/C18H29N/c1-4-14-10-8-9-13-16(14)17(19)18(2,3)15-11-6-5-7-12-15/h5-7,11-12,14,16-17H,4,8-10,13,19H2,1-3H3. The largest absolute Gasteiger partial charge is 0.327 e. The number of rotatable bonds is 4. The minimum Gasteiger partial charge on any atom is -0.327 e. The molecule has 1 aliphatic carbocycles. The van der Waals surface area contributed by atoms with Crippen LogP contribution in [0.25, 0.3) is 0 Å². The van der Waals surface area contributed by atoms with Gasteiger partial charge in [0, 0.05) is 11.5 Å². The van der Waals surface area contributed by atoms with Gasteiger partial charge in [-0.3, -0.25) is 0 Å². The van der Waals surface area contributed by atoms with Crippen LogP contribution in [0.15, 0.2) is 30.3 Å². The minimum atomic E-state index is 0.0662. The van der Waals surface area contributed by atoms with Gasteiger partial charge in [-0.2, -0.15) is 0 Å². The zero-order valence-corrected chi connectivity index (χ0v) is 12.7. The topological polar surface area (TPSA) is 26.0 Å². The Kier molecular flexibility index (Phi) is 4.67. The lowest BCUT2D eigenvalue weighted by Gasteiger charge is -2.43. The van der Waals surface area contributed by atoms with Crippen LogP contribution in [0.5, 0.6) is 0 Å². The van der Waals surface area contributed by atoms with E-state index >= 15 is 0 Å². The summed E-state index contributed by atoms with van der Waals surface area (Å²) in [7, 11) is 0. The third kappa shape index (κ3) is 3.02. The molecule has 1 nitrogen and oxygen atoms in total. The molecule has 1 aromatic carbocycles. The molecule has 3 atom stereocenters. The normalized spacial score (nSPS) is 26.1. The highest BCUT2D eigenvalue weighted by Gasteiger charge is 2.38. The lowest BCUT2D eigenvalue weighted by Crippen LogP contribution is -2.49. The number of benzene rings is 1. The van der Waals surface area contributed by atoms with Gasteiger partial charge in [0.15, 0.2) is 0 Å². The van der Waals surface area contributed by atoms with E-state index in [0.717, 1.165) is 5.92 Å². The quantitative estimate of drug-likeness (QED) is 0.846. The van der Waals surface area contributed by atoms with Gasteiger partial charge in [0.25, 0.3) is 0 Å². The number of nitrogens with two attached hydrogens (primary N) is 1. The molecule has 0 aliphatic heterocycles. The van der Waals surface area contributed by atoms with E-state index < -0.39 is 0 Å². The van der Waals surface area contributed by atoms with Crippen molar-refractivity contribution in [3.63, 3.8) is 0 Å². The molecule has 1 fully saturated rings. The van der Waals surface area contributed by atoms with E-state index in [4.69, 9.17) is 5.73 Å². The molecule has 0 saturated heterocycles. The Hall–Kier alpha value is -0.820. The second kappa shape index (κ2) is 6.09. The molecule has 2 rings (SSSR count).